The van der Waals surface area contributed by atoms with E-state index in [0.29, 0.717) is 22.9 Å². The van der Waals surface area contributed by atoms with E-state index in [1.807, 2.05) is 0 Å². The molecule has 0 aliphatic rings. The number of nitrogens with zero attached hydrogens (tertiary/aromatic N) is 2. The first-order valence-electron chi connectivity index (χ1n) is 7.20. The second kappa shape index (κ2) is 8.62. The third kappa shape index (κ3) is 6.28. The minimum absolute atomic E-state index is 0.0903. The van der Waals surface area contributed by atoms with Crippen molar-refractivity contribution in [2.45, 2.75) is 10.7 Å². The molecule has 0 radical (unpaired) electrons. The molecule has 0 atom stereocenters. The Morgan fingerprint density at radius 2 is 2.12 bits per heavy atom. The first-order valence-corrected chi connectivity index (χ1v) is 8.33. The van der Waals surface area contributed by atoms with E-state index < -0.39 is 9.89 Å². The monoisotopic (exact) mass is 407 g/mol. The molecule has 0 saturated heterocycles. The molecule has 0 aliphatic heterocycles. The zero-order valence-corrected chi connectivity index (χ0v) is 15.5. The van der Waals surface area contributed by atoms with Crippen molar-refractivity contribution in [2.24, 2.45) is 0 Å². The molecule has 136 valence electrons. The van der Waals surface area contributed by atoms with Crippen molar-refractivity contribution >= 4 is 46.7 Å². The topological polar surface area (TPSA) is 85.6 Å². The molecule has 1 heterocycles. The number of nitrogens with one attached hydrogen (secondary N) is 1. The van der Waals surface area contributed by atoms with Crippen LogP contribution in [-0.2, 0) is 4.74 Å². The number of carbonyl (C=O) groups excluding carboxylic acids is 1. The fourth-order valence-electron chi connectivity index (χ4n) is 1.94. The molecule has 2 N–H and O–H groups in total. The van der Waals surface area contributed by atoms with Gasteiger partial charge in [0.05, 0.1) is 18.0 Å². The molecule has 7 nitrogen and oxygen atoms in total. The highest BCUT2D eigenvalue weighted by Gasteiger charge is 2.22. The molecule has 0 aliphatic carbocycles. The normalized spacial score (nSPS) is 11.2. The van der Waals surface area contributed by atoms with Crippen LogP contribution in [0.3, 0.4) is 0 Å². The van der Waals surface area contributed by atoms with Gasteiger partial charge in [-0.2, -0.15) is 5.10 Å². The number of aliphatic hydroxyl groups excluding tert-OH is 1. The fourth-order valence-corrected chi connectivity index (χ4v) is 2.11. The van der Waals surface area contributed by atoms with Gasteiger partial charge in [0, 0.05) is 12.1 Å². The molecule has 0 spiro atoms. The summed E-state index contributed by atoms with van der Waals surface area (Å²) in [6, 6.07) is 8.69. The summed E-state index contributed by atoms with van der Waals surface area (Å²) < 4.78 is 10.0. The van der Waals surface area contributed by atoms with E-state index in [9.17, 15) is 4.79 Å². The Morgan fingerprint density at radius 1 is 1.36 bits per heavy atom. The molecule has 25 heavy (non-hydrogen) atoms. The Balaban J connectivity index is 2.16. The van der Waals surface area contributed by atoms with E-state index in [1.165, 1.54) is 4.68 Å². The predicted octanol–water partition coefficient (Wildman–Crippen LogP) is 3.47. The average molecular weight is 409 g/mol. The minimum atomic E-state index is -1.69. The lowest BCUT2D eigenvalue weighted by Gasteiger charge is -2.13. The summed E-state index contributed by atoms with van der Waals surface area (Å²) in [4.78, 5) is 11.9. The lowest BCUT2D eigenvalue weighted by Crippen LogP contribution is -2.22. The van der Waals surface area contributed by atoms with Gasteiger partial charge < -0.3 is 14.6 Å². The highest BCUT2D eigenvalue weighted by atomic mass is 35.6. The Bertz CT molecular complexity index is 731. The van der Waals surface area contributed by atoms with Crippen molar-refractivity contribution in [1.29, 1.82) is 0 Å². The van der Waals surface area contributed by atoms with Crippen LogP contribution in [0.25, 0.3) is 5.69 Å². The molecular weight excluding hydrogens is 393 g/mol. The number of ether oxygens (including phenoxy) is 2. The van der Waals surface area contributed by atoms with Gasteiger partial charge in [-0.1, -0.05) is 40.9 Å². The summed E-state index contributed by atoms with van der Waals surface area (Å²) in [5.74, 6) is 0.940. The van der Waals surface area contributed by atoms with Crippen LogP contribution in [-0.4, -0.2) is 44.6 Å². The third-order valence-corrected chi connectivity index (χ3v) is 3.18. The van der Waals surface area contributed by atoms with E-state index in [0.717, 1.165) is 0 Å². The number of halogens is 3. The summed E-state index contributed by atoms with van der Waals surface area (Å²) in [7, 11) is 0. The Kier molecular flexibility index (Phi) is 6.78. The minimum Gasteiger partial charge on any atom is -0.491 e. The zero-order chi connectivity index (χ0) is 18.4. The van der Waals surface area contributed by atoms with Crippen molar-refractivity contribution in [3.05, 3.63) is 36.0 Å². The number of alkyl halides is 3. The molecule has 0 bridgehead atoms. The summed E-state index contributed by atoms with van der Waals surface area (Å²) in [5.41, 5.74) is 1.33. The van der Waals surface area contributed by atoms with Crippen LogP contribution in [0.15, 0.2) is 30.3 Å². The Hall–Kier alpha value is -1.67. The van der Waals surface area contributed by atoms with Gasteiger partial charge in [-0.15, -0.1) is 0 Å². The second-order valence-corrected chi connectivity index (χ2v) is 7.48. The molecule has 1 aromatic carbocycles. The van der Waals surface area contributed by atoms with Crippen molar-refractivity contribution in [2.75, 3.05) is 25.1 Å². The maximum atomic E-state index is 11.9. The lowest BCUT2D eigenvalue weighted by molar-refractivity contribution is 0.163. The molecule has 2 rings (SSSR count). The van der Waals surface area contributed by atoms with Crippen molar-refractivity contribution in [1.82, 2.24) is 9.78 Å². The van der Waals surface area contributed by atoms with Crippen molar-refractivity contribution in [3.8, 4) is 11.4 Å². The Labute approximate surface area is 159 Å². The first kappa shape index (κ1) is 19.7. The van der Waals surface area contributed by atoms with Gasteiger partial charge in [-0.25, -0.2) is 9.48 Å². The molecule has 2 aromatic rings. The van der Waals surface area contributed by atoms with Crippen LogP contribution in [0.4, 0.5) is 10.6 Å². The third-order valence-electron chi connectivity index (χ3n) is 2.85. The summed E-state index contributed by atoms with van der Waals surface area (Å²) >= 11 is 16.6. The van der Waals surface area contributed by atoms with Crippen molar-refractivity contribution in [3.63, 3.8) is 0 Å². The molecule has 1 aromatic heterocycles. The molecule has 10 heteroatoms. The lowest BCUT2D eigenvalue weighted by atomic mass is 10.3. The van der Waals surface area contributed by atoms with Gasteiger partial charge in [0.15, 0.2) is 0 Å². The van der Waals surface area contributed by atoms with E-state index in [-0.39, 0.29) is 19.8 Å². The van der Waals surface area contributed by atoms with Crippen LogP contribution in [0.5, 0.6) is 5.75 Å². The number of aromatic nitrogens is 2. The van der Waals surface area contributed by atoms with Gasteiger partial charge in [-0.05, 0) is 19.1 Å². The van der Waals surface area contributed by atoms with E-state index in [1.54, 1.807) is 37.3 Å². The highest BCUT2D eigenvalue weighted by molar-refractivity contribution is 6.67. The van der Waals surface area contributed by atoms with E-state index in [4.69, 9.17) is 49.4 Å². The molecule has 0 saturated carbocycles. The smallest absolute Gasteiger partial charge is 0.412 e. The number of hydrogen-bond donors (Lipinski definition) is 2. The van der Waals surface area contributed by atoms with Crippen LogP contribution >= 0.6 is 34.8 Å². The van der Waals surface area contributed by atoms with Crippen LogP contribution in [0, 0.1) is 6.92 Å². The summed E-state index contributed by atoms with van der Waals surface area (Å²) in [6.07, 6.45) is -0.778. The standard InChI is InChI=1S/C15H16Cl3N3O4/c1-10-7-13(19-14(23)25-9-15(16,17)18)21(20-10)11-3-2-4-12(8-11)24-6-5-22/h2-4,7-8,22H,5-6,9H2,1H3,(H,19,23). The SMILES string of the molecule is Cc1cc(NC(=O)OCC(Cl)(Cl)Cl)n(-c2cccc(OCCO)c2)n1. The Morgan fingerprint density at radius 3 is 2.80 bits per heavy atom. The molecular formula is C15H16Cl3N3O4. The number of benzene rings is 1. The quantitative estimate of drug-likeness (QED) is 0.715. The molecule has 1 amide bonds. The predicted molar refractivity (Wildman–Crippen MR) is 96.1 cm³/mol. The van der Waals surface area contributed by atoms with Crippen molar-refractivity contribution < 1.29 is 19.4 Å². The van der Waals surface area contributed by atoms with E-state index >= 15 is 0 Å². The number of amides is 1. The van der Waals surface area contributed by atoms with Gasteiger partial charge >= 0.3 is 6.09 Å². The molecule has 0 unspecified atom stereocenters. The second-order valence-electron chi connectivity index (χ2n) is 4.97. The zero-order valence-electron chi connectivity index (χ0n) is 13.2. The summed E-state index contributed by atoms with van der Waals surface area (Å²) in [5, 5.41) is 15.7. The van der Waals surface area contributed by atoms with Gasteiger partial charge in [-0.3, -0.25) is 5.32 Å². The summed E-state index contributed by atoms with van der Waals surface area (Å²) in [6.45, 7) is 1.48. The number of hydrogen-bond acceptors (Lipinski definition) is 5. The van der Waals surface area contributed by atoms with Crippen LogP contribution in [0.1, 0.15) is 5.69 Å². The largest absolute Gasteiger partial charge is 0.491 e. The average Bonchev–Trinajstić information content (AvgIpc) is 2.91. The van der Waals surface area contributed by atoms with Crippen LogP contribution < -0.4 is 10.1 Å². The van der Waals surface area contributed by atoms with Gasteiger partial charge in [0.2, 0.25) is 3.79 Å². The molecule has 0 fully saturated rings. The first-order chi connectivity index (χ1) is 11.8. The maximum Gasteiger partial charge on any atom is 0.412 e. The van der Waals surface area contributed by atoms with Gasteiger partial charge in [0.25, 0.3) is 0 Å². The van der Waals surface area contributed by atoms with Gasteiger partial charge in [0.1, 0.15) is 24.8 Å². The highest BCUT2D eigenvalue weighted by Crippen LogP contribution is 2.26. The van der Waals surface area contributed by atoms with E-state index in [2.05, 4.69) is 10.4 Å². The number of anilines is 1. The van der Waals surface area contributed by atoms with Crippen LogP contribution in [0.2, 0.25) is 0 Å². The number of aryl methyl sites for hydroxylation is 1. The maximum absolute atomic E-state index is 11.9. The number of rotatable bonds is 6. The fraction of sp³-hybridized carbons (Fsp3) is 0.333. The number of carbonyl (C=O) groups is 1. The number of aliphatic hydroxyl groups is 1.